The maximum absolute atomic E-state index is 12.0. The molecule has 1 aromatic rings. The van der Waals surface area contributed by atoms with E-state index < -0.39 is 24.0 Å². The van der Waals surface area contributed by atoms with Crippen molar-refractivity contribution < 1.29 is 17.6 Å². The summed E-state index contributed by atoms with van der Waals surface area (Å²) in [5.74, 6) is 0. The lowest BCUT2D eigenvalue weighted by atomic mass is 10.1. The predicted octanol–water partition coefficient (Wildman–Crippen LogP) is 3.24. The van der Waals surface area contributed by atoms with Crippen molar-refractivity contribution in [3.63, 3.8) is 0 Å². The maximum Gasteiger partial charge on any atom is 0.340 e. The van der Waals surface area contributed by atoms with E-state index in [1.807, 2.05) is 0 Å². The zero-order chi connectivity index (χ0) is 9.14. The van der Waals surface area contributed by atoms with E-state index >= 15 is 0 Å². The average molecular weight is 176 g/mol. The summed E-state index contributed by atoms with van der Waals surface area (Å²) in [5, 5.41) is 0. The molecule has 0 saturated carbocycles. The molecule has 0 unspecified atom stereocenters. The number of halogens is 4. The van der Waals surface area contributed by atoms with E-state index in [-0.39, 0.29) is 0 Å². The van der Waals surface area contributed by atoms with Crippen LogP contribution in [0.2, 0.25) is 0 Å². The number of hydrogen-bond donors (Lipinski definition) is 0. The van der Waals surface area contributed by atoms with E-state index in [2.05, 4.69) is 0 Å². The van der Waals surface area contributed by atoms with Crippen molar-refractivity contribution in [2.24, 2.45) is 0 Å². The first kappa shape index (κ1) is 9.03. The second-order valence-corrected chi connectivity index (χ2v) is 2.07. The molecule has 0 atom stereocenters. The summed E-state index contributed by atoms with van der Waals surface area (Å²) in [6.45, 7) is 0. The molecule has 2 radical (unpaired) electrons. The van der Waals surface area contributed by atoms with Crippen LogP contribution in [0.25, 0.3) is 0 Å². The fourth-order valence-electron chi connectivity index (χ4n) is 0.813. The molecule has 0 N–H and O–H groups in total. The third kappa shape index (κ3) is 1.75. The minimum atomic E-state index is -2.10. The number of hydrogen-bond acceptors (Lipinski definition) is 0. The number of rotatable bonds is 2. The van der Waals surface area contributed by atoms with Crippen molar-refractivity contribution in [1.29, 1.82) is 0 Å². The smallest absolute Gasteiger partial charge is 0.194 e. The van der Waals surface area contributed by atoms with Gasteiger partial charge >= 0.3 is 12.9 Å². The summed E-state index contributed by atoms with van der Waals surface area (Å²) in [4.78, 5) is 0. The fraction of sp³-hybridized carbons (Fsp3) is 0. The third-order valence-electron chi connectivity index (χ3n) is 1.33. The van der Waals surface area contributed by atoms with Gasteiger partial charge in [0.25, 0.3) is 0 Å². The van der Waals surface area contributed by atoms with Gasteiger partial charge in [-0.3, -0.25) is 0 Å². The predicted molar refractivity (Wildman–Crippen MR) is 35.6 cm³/mol. The molecular formula is C8H4F4. The first-order valence-corrected chi connectivity index (χ1v) is 3.08. The Hall–Kier alpha value is -1.06. The van der Waals surface area contributed by atoms with E-state index in [1.54, 1.807) is 0 Å². The molecule has 0 aliphatic carbocycles. The zero-order valence-corrected chi connectivity index (χ0v) is 5.82. The Kier molecular flexibility index (Phi) is 2.68. The first-order chi connectivity index (χ1) is 5.63. The summed E-state index contributed by atoms with van der Waals surface area (Å²) in [6, 6.07) is 4.45. The largest absolute Gasteiger partial charge is 0.340 e. The first-order valence-electron chi connectivity index (χ1n) is 3.08. The van der Waals surface area contributed by atoms with Gasteiger partial charge < -0.3 is 0 Å². The van der Waals surface area contributed by atoms with E-state index in [9.17, 15) is 17.6 Å². The van der Waals surface area contributed by atoms with Crippen LogP contribution in [0.1, 0.15) is 11.1 Å². The van der Waals surface area contributed by atoms with Crippen molar-refractivity contribution in [2.75, 3.05) is 0 Å². The van der Waals surface area contributed by atoms with Gasteiger partial charge in [0.1, 0.15) is 0 Å². The molecule has 0 heterocycles. The van der Waals surface area contributed by atoms with Crippen LogP contribution in [-0.2, 0) is 0 Å². The van der Waals surface area contributed by atoms with Crippen LogP contribution in [0.4, 0.5) is 17.6 Å². The molecule has 1 aromatic carbocycles. The molecule has 0 amide bonds. The van der Waals surface area contributed by atoms with Gasteiger partial charge in [-0.1, -0.05) is 24.3 Å². The highest BCUT2D eigenvalue weighted by Crippen LogP contribution is 2.28. The highest BCUT2D eigenvalue weighted by Gasteiger charge is 2.21. The van der Waals surface area contributed by atoms with Crippen LogP contribution in [-0.4, -0.2) is 0 Å². The van der Waals surface area contributed by atoms with Gasteiger partial charge in [-0.2, -0.15) is 17.6 Å². The van der Waals surface area contributed by atoms with Crippen LogP contribution >= 0.6 is 0 Å². The normalized spacial score (nSPS) is 11.2. The van der Waals surface area contributed by atoms with Gasteiger partial charge in [-0.15, -0.1) is 0 Å². The summed E-state index contributed by atoms with van der Waals surface area (Å²) >= 11 is 0. The third-order valence-corrected chi connectivity index (χ3v) is 1.33. The summed E-state index contributed by atoms with van der Waals surface area (Å²) in [6.07, 6.45) is -4.20. The van der Waals surface area contributed by atoms with Crippen LogP contribution in [0.15, 0.2) is 24.3 Å². The summed E-state index contributed by atoms with van der Waals surface area (Å²) in [5.41, 5.74) is -1.42. The quantitative estimate of drug-likeness (QED) is 0.607. The van der Waals surface area contributed by atoms with Crippen molar-refractivity contribution in [3.05, 3.63) is 48.2 Å². The van der Waals surface area contributed by atoms with Gasteiger partial charge in [0.05, 0.1) is 0 Å². The standard InChI is InChI=1S/C8H4F4/c9-7(10)5-3-1-2-4-6(5)8(11)12/h1-4H. The monoisotopic (exact) mass is 176 g/mol. The molecule has 1 rings (SSSR count). The Balaban J connectivity index is 3.09. The second-order valence-electron chi connectivity index (χ2n) is 2.07. The van der Waals surface area contributed by atoms with Gasteiger partial charge in [0, 0.05) is 11.1 Å². The SMILES string of the molecule is F[C](F)c1ccccc1[C](F)F. The van der Waals surface area contributed by atoms with Crippen molar-refractivity contribution >= 4 is 0 Å². The lowest BCUT2D eigenvalue weighted by Gasteiger charge is -2.03. The van der Waals surface area contributed by atoms with Crippen LogP contribution in [0.5, 0.6) is 0 Å². The van der Waals surface area contributed by atoms with E-state index in [0.717, 1.165) is 12.1 Å². The van der Waals surface area contributed by atoms with Crippen LogP contribution < -0.4 is 0 Å². The van der Waals surface area contributed by atoms with Gasteiger partial charge in [0.2, 0.25) is 0 Å². The van der Waals surface area contributed by atoms with Crippen LogP contribution in [0.3, 0.4) is 0 Å². The molecule has 12 heavy (non-hydrogen) atoms. The summed E-state index contributed by atoms with van der Waals surface area (Å²) in [7, 11) is 0. The lowest BCUT2D eigenvalue weighted by molar-refractivity contribution is 0.301. The molecule has 0 spiro atoms. The van der Waals surface area contributed by atoms with Gasteiger partial charge in [-0.25, -0.2) is 0 Å². The molecule has 0 saturated heterocycles. The number of benzene rings is 1. The molecule has 0 aromatic heterocycles. The average Bonchev–Trinajstić information content (AvgIpc) is 2.04. The molecule has 64 valence electrons. The van der Waals surface area contributed by atoms with Crippen molar-refractivity contribution in [3.8, 4) is 0 Å². The molecule has 0 fully saturated rings. The zero-order valence-electron chi connectivity index (χ0n) is 5.82. The molecular weight excluding hydrogens is 172 g/mol. The molecule has 0 aliphatic heterocycles. The highest BCUT2D eigenvalue weighted by atomic mass is 19.3. The topological polar surface area (TPSA) is 0 Å². The Morgan fingerprint density at radius 2 is 1.08 bits per heavy atom. The highest BCUT2D eigenvalue weighted by molar-refractivity contribution is 5.38. The molecule has 0 aliphatic rings. The van der Waals surface area contributed by atoms with Gasteiger partial charge in [0.15, 0.2) is 0 Å². The maximum atomic E-state index is 12.0. The molecule has 0 bridgehead atoms. The summed E-state index contributed by atoms with van der Waals surface area (Å²) < 4.78 is 47.8. The Morgan fingerprint density at radius 1 is 0.750 bits per heavy atom. The van der Waals surface area contributed by atoms with Gasteiger partial charge in [-0.05, 0) is 0 Å². The Labute approximate surface area is 66.8 Å². The van der Waals surface area contributed by atoms with E-state index in [0.29, 0.717) is 0 Å². The van der Waals surface area contributed by atoms with E-state index in [4.69, 9.17) is 0 Å². The van der Waals surface area contributed by atoms with Crippen LogP contribution in [0, 0.1) is 12.9 Å². The van der Waals surface area contributed by atoms with Crippen molar-refractivity contribution in [2.45, 2.75) is 0 Å². The molecule has 0 nitrogen and oxygen atoms in total. The second kappa shape index (κ2) is 3.56. The minimum Gasteiger partial charge on any atom is -0.194 e. The minimum absolute atomic E-state index is 0.711. The lowest BCUT2D eigenvalue weighted by Crippen LogP contribution is -1.95. The molecule has 4 heteroatoms. The Bertz CT molecular complexity index is 230. The fourth-order valence-corrected chi connectivity index (χ4v) is 0.813. The van der Waals surface area contributed by atoms with Crippen molar-refractivity contribution in [1.82, 2.24) is 0 Å². The van der Waals surface area contributed by atoms with E-state index in [1.165, 1.54) is 12.1 Å². The Morgan fingerprint density at radius 3 is 1.33 bits per heavy atom.